The van der Waals surface area contributed by atoms with E-state index in [2.05, 4.69) is 22.8 Å². The fourth-order valence-electron chi connectivity index (χ4n) is 3.37. The zero-order valence-electron chi connectivity index (χ0n) is 15.8. The summed E-state index contributed by atoms with van der Waals surface area (Å²) < 4.78 is 5.62. The van der Waals surface area contributed by atoms with Crippen molar-refractivity contribution in [1.29, 1.82) is 0 Å². The molecule has 0 spiro atoms. The summed E-state index contributed by atoms with van der Waals surface area (Å²) in [7, 11) is 0. The average molecular weight is 396 g/mol. The molecule has 0 aliphatic heterocycles. The van der Waals surface area contributed by atoms with Crippen molar-refractivity contribution in [3.63, 3.8) is 0 Å². The molecule has 3 aromatic rings. The standard InChI is InChI=1S/C22H25N3O2S/c26-17(12-27-11-14-6-7-14)10-23-21-19-18(15-4-2-1-3-5-15)13-28-22(19)25-20(24-21)16-8-9-16/h1-5,13-14,16-17,26H,6-12H2,(H,23,24,25). The van der Waals surface area contributed by atoms with Gasteiger partial charge in [0.15, 0.2) is 0 Å². The second-order valence-electron chi connectivity index (χ2n) is 7.92. The molecule has 0 bridgehead atoms. The van der Waals surface area contributed by atoms with Gasteiger partial charge in [-0.1, -0.05) is 30.3 Å². The molecular weight excluding hydrogens is 370 g/mol. The van der Waals surface area contributed by atoms with Crippen molar-refractivity contribution < 1.29 is 9.84 Å². The molecule has 2 aromatic heterocycles. The van der Waals surface area contributed by atoms with E-state index >= 15 is 0 Å². The molecule has 28 heavy (non-hydrogen) atoms. The van der Waals surface area contributed by atoms with Crippen LogP contribution in [0.2, 0.25) is 0 Å². The van der Waals surface area contributed by atoms with Gasteiger partial charge in [-0.3, -0.25) is 0 Å². The molecule has 5 nitrogen and oxygen atoms in total. The second kappa shape index (κ2) is 7.78. The van der Waals surface area contributed by atoms with Gasteiger partial charge in [0, 0.05) is 30.0 Å². The third-order valence-corrected chi connectivity index (χ3v) is 6.22. The van der Waals surface area contributed by atoms with Gasteiger partial charge in [0.25, 0.3) is 0 Å². The summed E-state index contributed by atoms with van der Waals surface area (Å²) in [5.41, 5.74) is 2.30. The zero-order chi connectivity index (χ0) is 18.9. The van der Waals surface area contributed by atoms with Crippen LogP contribution >= 0.6 is 11.3 Å². The highest BCUT2D eigenvalue weighted by Gasteiger charge is 2.28. The van der Waals surface area contributed by atoms with Crippen LogP contribution in [-0.2, 0) is 4.74 Å². The van der Waals surface area contributed by atoms with Crippen LogP contribution in [0.3, 0.4) is 0 Å². The molecule has 2 aliphatic rings. The topological polar surface area (TPSA) is 67.3 Å². The molecule has 1 atom stereocenters. The van der Waals surface area contributed by atoms with Crippen LogP contribution in [0.25, 0.3) is 21.3 Å². The first kappa shape index (κ1) is 18.0. The Morgan fingerprint density at radius 2 is 1.96 bits per heavy atom. The van der Waals surface area contributed by atoms with E-state index in [-0.39, 0.29) is 0 Å². The quantitative estimate of drug-likeness (QED) is 0.561. The Balaban J connectivity index is 1.39. The summed E-state index contributed by atoms with van der Waals surface area (Å²) in [5.74, 6) is 2.95. The fraction of sp³-hybridized carbons (Fsp3) is 0.455. The molecular formula is C22H25N3O2S. The number of anilines is 1. The van der Waals surface area contributed by atoms with Crippen LogP contribution in [0.5, 0.6) is 0 Å². The number of aromatic nitrogens is 2. The minimum atomic E-state index is -0.549. The summed E-state index contributed by atoms with van der Waals surface area (Å²) in [5, 5.41) is 16.9. The van der Waals surface area contributed by atoms with Crippen LogP contribution in [0.1, 0.15) is 37.4 Å². The van der Waals surface area contributed by atoms with Gasteiger partial charge in [0.05, 0.1) is 18.1 Å². The summed E-state index contributed by atoms with van der Waals surface area (Å²) in [6.45, 7) is 1.55. The lowest BCUT2D eigenvalue weighted by molar-refractivity contribution is 0.0386. The average Bonchev–Trinajstić information content (AvgIpc) is 3.65. The number of benzene rings is 1. The third kappa shape index (κ3) is 4.04. The second-order valence-corrected chi connectivity index (χ2v) is 8.77. The van der Waals surface area contributed by atoms with E-state index in [0.717, 1.165) is 39.6 Å². The maximum atomic E-state index is 10.3. The minimum absolute atomic E-state index is 0.363. The molecule has 0 saturated heterocycles. The smallest absolute Gasteiger partial charge is 0.139 e. The molecule has 2 aliphatic carbocycles. The number of rotatable bonds is 9. The van der Waals surface area contributed by atoms with Gasteiger partial charge in [0.1, 0.15) is 16.5 Å². The van der Waals surface area contributed by atoms with E-state index in [0.29, 0.717) is 25.0 Å². The third-order valence-electron chi connectivity index (χ3n) is 5.34. The molecule has 1 aromatic carbocycles. The van der Waals surface area contributed by atoms with E-state index in [4.69, 9.17) is 14.7 Å². The maximum Gasteiger partial charge on any atom is 0.139 e. The zero-order valence-corrected chi connectivity index (χ0v) is 16.6. The molecule has 5 rings (SSSR count). The van der Waals surface area contributed by atoms with Gasteiger partial charge in [-0.2, -0.15) is 0 Å². The SMILES string of the molecule is OC(CNc1nc(C2CC2)nc2scc(-c3ccccc3)c12)COCC1CC1. The molecule has 146 valence electrons. The van der Waals surface area contributed by atoms with Crippen molar-refractivity contribution in [3.8, 4) is 11.1 Å². The lowest BCUT2D eigenvalue weighted by atomic mass is 10.1. The Bertz CT molecular complexity index is 951. The van der Waals surface area contributed by atoms with Crippen molar-refractivity contribution in [2.24, 2.45) is 5.92 Å². The number of hydrogen-bond donors (Lipinski definition) is 2. The minimum Gasteiger partial charge on any atom is -0.389 e. The lowest BCUT2D eigenvalue weighted by Crippen LogP contribution is -2.25. The summed E-state index contributed by atoms with van der Waals surface area (Å²) >= 11 is 1.66. The molecule has 0 radical (unpaired) electrons. The van der Waals surface area contributed by atoms with E-state index < -0.39 is 6.10 Å². The largest absolute Gasteiger partial charge is 0.389 e. The summed E-state index contributed by atoms with van der Waals surface area (Å²) in [6, 6.07) is 10.3. The summed E-state index contributed by atoms with van der Waals surface area (Å²) in [4.78, 5) is 10.7. The first-order valence-electron chi connectivity index (χ1n) is 10.1. The highest BCUT2D eigenvalue weighted by Crippen LogP contribution is 2.42. The van der Waals surface area contributed by atoms with Crippen molar-refractivity contribution in [2.45, 2.75) is 37.7 Å². The Morgan fingerprint density at radius 3 is 2.71 bits per heavy atom. The van der Waals surface area contributed by atoms with Crippen LogP contribution in [-0.4, -0.2) is 40.9 Å². The van der Waals surface area contributed by atoms with E-state index in [1.54, 1.807) is 11.3 Å². The van der Waals surface area contributed by atoms with Gasteiger partial charge in [-0.05, 0) is 37.2 Å². The van der Waals surface area contributed by atoms with E-state index in [1.165, 1.54) is 25.7 Å². The van der Waals surface area contributed by atoms with E-state index in [1.807, 2.05) is 18.2 Å². The van der Waals surface area contributed by atoms with Gasteiger partial charge >= 0.3 is 0 Å². The number of aliphatic hydroxyl groups excluding tert-OH is 1. The molecule has 0 amide bonds. The molecule has 2 saturated carbocycles. The van der Waals surface area contributed by atoms with Crippen LogP contribution in [0, 0.1) is 5.92 Å². The molecule has 2 heterocycles. The number of fused-ring (bicyclic) bond motifs is 1. The number of hydrogen-bond acceptors (Lipinski definition) is 6. The van der Waals surface area contributed by atoms with Crippen molar-refractivity contribution >= 4 is 27.4 Å². The van der Waals surface area contributed by atoms with Crippen molar-refractivity contribution in [1.82, 2.24) is 9.97 Å². The lowest BCUT2D eigenvalue weighted by Gasteiger charge is -2.14. The van der Waals surface area contributed by atoms with Gasteiger partial charge < -0.3 is 15.2 Å². The van der Waals surface area contributed by atoms with Gasteiger partial charge in [-0.25, -0.2) is 9.97 Å². The van der Waals surface area contributed by atoms with Crippen LogP contribution in [0.15, 0.2) is 35.7 Å². The monoisotopic (exact) mass is 395 g/mol. The van der Waals surface area contributed by atoms with Gasteiger partial charge in [0.2, 0.25) is 0 Å². The number of ether oxygens (including phenoxy) is 1. The molecule has 2 fully saturated rings. The first-order chi connectivity index (χ1) is 13.8. The Morgan fingerprint density at radius 1 is 1.14 bits per heavy atom. The van der Waals surface area contributed by atoms with Gasteiger partial charge in [-0.15, -0.1) is 11.3 Å². The number of nitrogens with one attached hydrogen (secondary N) is 1. The van der Waals surface area contributed by atoms with Crippen molar-refractivity contribution in [2.75, 3.05) is 25.1 Å². The number of thiophene rings is 1. The predicted octanol–water partition coefficient (Wildman–Crippen LogP) is 4.44. The number of aliphatic hydroxyl groups is 1. The van der Waals surface area contributed by atoms with E-state index in [9.17, 15) is 5.11 Å². The summed E-state index contributed by atoms with van der Waals surface area (Å²) in [6.07, 6.45) is 4.31. The Labute approximate surface area is 168 Å². The molecule has 2 N–H and O–H groups in total. The Hall–Kier alpha value is -2.02. The Kier molecular flexibility index (Phi) is 5.01. The van der Waals surface area contributed by atoms with Crippen LogP contribution < -0.4 is 5.32 Å². The van der Waals surface area contributed by atoms with Crippen molar-refractivity contribution in [3.05, 3.63) is 41.5 Å². The fourth-order valence-corrected chi connectivity index (χ4v) is 4.32. The molecule has 1 unspecified atom stereocenters. The number of nitrogens with zero attached hydrogens (tertiary/aromatic N) is 2. The highest BCUT2D eigenvalue weighted by molar-refractivity contribution is 7.17. The normalized spacial score (nSPS) is 17.8. The maximum absolute atomic E-state index is 10.3. The highest BCUT2D eigenvalue weighted by atomic mass is 32.1. The first-order valence-corrected chi connectivity index (χ1v) is 11.0. The predicted molar refractivity (Wildman–Crippen MR) is 113 cm³/mol. The van der Waals surface area contributed by atoms with Crippen LogP contribution in [0.4, 0.5) is 5.82 Å². The molecule has 6 heteroatoms.